The maximum absolute atomic E-state index is 11.2. The first-order valence-corrected chi connectivity index (χ1v) is 4.78. The van der Waals surface area contributed by atoms with Gasteiger partial charge in [-0.25, -0.2) is 4.79 Å². The number of benzene rings is 1. The lowest BCUT2D eigenvalue weighted by atomic mass is 9.90. The molecule has 0 spiro atoms. The predicted octanol–water partition coefficient (Wildman–Crippen LogP) is 1.83. The largest absolute Gasteiger partial charge is 0.465 e. The zero-order valence-electron chi connectivity index (χ0n) is 8.12. The summed E-state index contributed by atoms with van der Waals surface area (Å²) < 4.78 is 0. The zero-order valence-corrected chi connectivity index (χ0v) is 8.12. The van der Waals surface area contributed by atoms with E-state index in [-0.39, 0.29) is 5.78 Å². The topological polar surface area (TPSA) is 66.4 Å². The number of hydrogen-bond donors (Lipinski definition) is 2. The van der Waals surface area contributed by atoms with Gasteiger partial charge in [-0.2, -0.15) is 0 Å². The van der Waals surface area contributed by atoms with Crippen LogP contribution in [0.4, 0.5) is 10.5 Å². The fraction of sp³-hybridized carbons (Fsp3) is 0.273. The fourth-order valence-electron chi connectivity index (χ4n) is 1.81. The van der Waals surface area contributed by atoms with Gasteiger partial charge >= 0.3 is 6.09 Å². The Bertz CT molecular complexity index is 426. The number of carboxylic acid groups (broad SMARTS) is 1. The van der Waals surface area contributed by atoms with Crippen molar-refractivity contribution >= 4 is 17.6 Å². The number of nitrogens with one attached hydrogen (secondary N) is 1. The second kappa shape index (κ2) is 3.73. The second-order valence-electron chi connectivity index (χ2n) is 3.63. The van der Waals surface area contributed by atoms with Crippen LogP contribution in [-0.4, -0.2) is 17.0 Å². The van der Waals surface area contributed by atoms with Crippen LogP contribution >= 0.6 is 0 Å². The molecule has 78 valence electrons. The Labute approximate surface area is 86.9 Å². The average molecular weight is 205 g/mol. The highest BCUT2D eigenvalue weighted by molar-refractivity contribution is 5.86. The minimum absolute atomic E-state index is 0.218. The Morgan fingerprint density at radius 3 is 2.80 bits per heavy atom. The summed E-state index contributed by atoms with van der Waals surface area (Å²) in [6.07, 6.45) is 0.696. The molecule has 1 aliphatic carbocycles. The van der Waals surface area contributed by atoms with E-state index >= 15 is 0 Å². The van der Waals surface area contributed by atoms with Gasteiger partial charge in [-0.3, -0.25) is 10.1 Å². The number of fused-ring (bicyclic) bond motifs is 1. The summed E-state index contributed by atoms with van der Waals surface area (Å²) in [7, 11) is 0. The molecule has 0 bridgehead atoms. The number of ketones is 1. The highest BCUT2D eigenvalue weighted by Crippen LogP contribution is 2.22. The molecular weight excluding hydrogens is 194 g/mol. The molecule has 0 fully saturated rings. The minimum Gasteiger partial charge on any atom is -0.465 e. The van der Waals surface area contributed by atoms with Gasteiger partial charge in [0.1, 0.15) is 5.78 Å². The number of rotatable bonds is 1. The summed E-state index contributed by atoms with van der Waals surface area (Å²) >= 11 is 0. The Hall–Kier alpha value is -1.84. The molecule has 2 rings (SSSR count). The third-order valence-electron chi connectivity index (χ3n) is 2.52. The molecule has 0 aromatic heterocycles. The first-order valence-electron chi connectivity index (χ1n) is 4.78. The van der Waals surface area contributed by atoms with E-state index in [1.165, 1.54) is 0 Å². The molecule has 0 saturated heterocycles. The molecule has 1 amide bonds. The molecule has 0 unspecified atom stereocenters. The number of carbonyl (C=O) groups excluding carboxylic acids is 1. The van der Waals surface area contributed by atoms with Crippen molar-refractivity contribution in [2.75, 3.05) is 5.32 Å². The summed E-state index contributed by atoms with van der Waals surface area (Å²) in [6.45, 7) is 0. The van der Waals surface area contributed by atoms with Crippen LogP contribution in [0, 0.1) is 0 Å². The van der Waals surface area contributed by atoms with E-state index < -0.39 is 6.09 Å². The van der Waals surface area contributed by atoms with Crippen LogP contribution in [0.3, 0.4) is 0 Å². The maximum Gasteiger partial charge on any atom is 0.409 e. The van der Waals surface area contributed by atoms with Crippen molar-refractivity contribution in [2.24, 2.45) is 0 Å². The van der Waals surface area contributed by atoms with Crippen molar-refractivity contribution in [2.45, 2.75) is 19.3 Å². The molecule has 0 radical (unpaired) electrons. The van der Waals surface area contributed by atoms with E-state index in [1.807, 2.05) is 6.07 Å². The zero-order chi connectivity index (χ0) is 10.8. The number of hydrogen-bond acceptors (Lipinski definition) is 2. The first-order chi connectivity index (χ1) is 7.15. The highest BCUT2D eigenvalue weighted by Gasteiger charge is 2.15. The van der Waals surface area contributed by atoms with Gasteiger partial charge in [0.15, 0.2) is 0 Å². The third-order valence-corrected chi connectivity index (χ3v) is 2.52. The first kappa shape index (κ1) is 9.71. The number of anilines is 1. The normalized spacial score (nSPS) is 14.5. The van der Waals surface area contributed by atoms with Gasteiger partial charge in [0, 0.05) is 18.5 Å². The molecular formula is C11H11NO3. The number of aryl methyl sites for hydroxylation is 1. The molecule has 0 aliphatic heterocycles. The number of Topliss-reactive ketones (excluding diaryl/α,β-unsaturated/α-hetero) is 1. The van der Waals surface area contributed by atoms with E-state index in [2.05, 4.69) is 5.32 Å². The minimum atomic E-state index is -1.09. The lowest BCUT2D eigenvalue weighted by molar-refractivity contribution is -0.118. The summed E-state index contributed by atoms with van der Waals surface area (Å²) in [6, 6.07) is 5.34. The SMILES string of the molecule is O=C1CCc2ccc(NC(=O)O)cc2C1. The molecule has 4 heteroatoms. The predicted molar refractivity (Wildman–Crippen MR) is 55.1 cm³/mol. The van der Waals surface area contributed by atoms with E-state index in [4.69, 9.17) is 5.11 Å². The van der Waals surface area contributed by atoms with Gasteiger partial charge in [0.2, 0.25) is 0 Å². The quantitative estimate of drug-likeness (QED) is 0.735. The van der Waals surface area contributed by atoms with Crippen LogP contribution in [0.1, 0.15) is 17.5 Å². The Morgan fingerprint density at radius 1 is 1.27 bits per heavy atom. The molecule has 1 aromatic rings. The summed E-state index contributed by atoms with van der Waals surface area (Å²) in [5.41, 5.74) is 2.61. The maximum atomic E-state index is 11.2. The van der Waals surface area contributed by atoms with Crippen molar-refractivity contribution in [3.63, 3.8) is 0 Å². The van der Waals surface area contributed by atoms with Gasteiger partial charge in [-0.1, -0.05) is 6.07 Å². The standard InChI is InChI=1S/C11H11NO3/c13-10-4-2-7-1-3-9(12-11(14)15)5-8(7)6-10/h1,3,5,12H,2,4,6H2,(H,14,15). The van der Waals surface area contributed by atoms with Crippen LogP contribution < -0.4 is 5.32 Å². The van der Waals surface area contributed by atoms with Crippen molar-refractivity contribution in [1.29, 1.82) is 0 Å². The number of carbonyl (C=O) groups is 2. The van der Waals surface area contributed by atoms with Gasteiger partial charge in [0.05, 0.1) is 0 Å². The second-order valence-corrected chi connectivity index (χ2v) is 3.63. The van der Waals surface area contributed by atoms with E-state index in [9.17, 15) is 9.59 Å². The summed E-state index contributed by atoms with van der Waals surface area (Å²) in [5.74, 6) is 0.218. The molecule has 0 saturated carbocycles. The monoisotopic (exact) mass is 205 g/mol. The van der Waals surface area contributed by atoms with E-state index in [0.717, 1.165) is 17.5 Å². The van der Waals surface area contributed by atoms with Crippen LogP contribution in [0.15, 0.2) is 18.2 Å². The third kappa shape index (κ3) is 2.15. The molecule has 2 N–H and O–H groups in total. The lowest BCUT2D eigenvalue weighted by Gasteiger charge is -2.15. The van der Waals surface area contributed by atoms with Gasteiger partial charge in [-0.15, -0.1) is 0 Å². The van der Waals surface area contributed by atoms with E-state index in [0.29, 0.717) is 18.5 Å². The van der Waals surface area contributed by atoms with Gasteiger partial charge in [-0.05, 0) is 29.7 Å². The van der Waals surface area contributed by atoms with Crippen LogP contribution in [0.2, 0.25) is 0 Å². The lowest BCUT2D eigenvalue weighted by Crippen LogP contribution is -2.14. The Kier molecular flexibility index (Phi) is 2.41. The molecule has 15 heavy (non-hydrogen) atoms. The molecule has 0 heterocycles. The number of amides is 1. The van der Waals surface area contributed by atoms with Crippen molar-refractivity contribution < 1.29 is 14.7 Å². The highest BCUT2D eigenvalue weighted by atomic mass is 16.4. The van der Waals surface area contributed by atoms with Crippen LogP contribution in [0.25, 0.3) is 0 Å². The summed E-state index contributed by atoms with van der Waals surface area (Å²) in [4.78, 5) is 21.6. The van der Waals surface area contributed by atoms with Crippen molar-refractivity contribution in [3.8, 4) is 0 Å². The fourth-order valence-corrected chi connectivity index (χ4v) is 1.81. The Balaban J connectivity index is 2.28. The van der Waals surface area contributed by atoms with Crippen molar-refractivity contribution in [3.05, 3.63) is 29.3 Å². The molecule has 1 aromatic carbocycles. The van der Waals surface area contributed by atoms with Crippen LogP contribution in [-0.2, 0) is 17.6 Å². The summed E-state index contributed by atoms with van der Waals surface area (Å²) in [5, 5.41) is 10.8. The van der Waals surface area contributed by atoms with E-state index in [1.54, 1.807) is 12.1 Å². The van der Waals surface area contributed by atoms with Gasteiger partial charge < -0.3 is 5.11 Å². The molecule has 4 nitrogen and oxygen atoms in total. The molecule has 0 atom stereocenters. The molecule has 1 aliphatic rings. The van der Waals surface area contributed by atoms with Gasteiger partial charge in [0.25, 0.3) is 0 Å². The Morgan fingerprint density at radius 2 is 2.07 bits per heavy atom. The van der Waals surface area contributed by atoms with Crippen molar-refractivity contribution in [1.82, 2.24) is 0 Å². The average Bonchev–Trinajstić information content (AvgIpc) is 2.16. The smallest absolute Gasteiger partial charge is 0.409 e. The van der Waals surface area contributed by atoms with Crippen LogP contribution in [0.5, 0.6) is 0 Å².